The van der Waals surface area contributed by atoms with Crippen LogP contribution in [0.15, 0.2) is 97.1 Å². The van der Waals surface area contributed by atoms with Gasteiger partial charge in [-0.3, -0.25) is 0 Å². The summed E-state index contributed by atoms with van der Waals surface area (Å²) in [6.07, 6.45) is -1.51. The van der Waals surface area contributed by atoms with Gasteiger partial charge in [-0.25, -0.2) is 19.2 Å². The van der Waals surface area contributed by atoms with Crippen LogP contribution in [0.3, 0.4) is 0 Å². The minimum absolute atomic E-state index is 0.0852. The van der Waals surface area contributed by atoms with E-state index in [0.29, 0.717) is 0 Å². The molecule has 0 saturated heterocycles. The minimum atomic E-state index is -1.06. The van der Waals surface area contributed by atoms with Gasteiger partial charge >= 0.3 is 24.1 Å². The lowest BCUT2D eigenvalue weighted by atomic mass is 9.98. The zero-order valence-corrected chi connectivity index (χ0v) is 34.1. The van der Waals surface area contributed by atoms with E-state index in [1.54, 1.807) is 41.5 Å². The molecule has 0 aliphatic heterocycles. The monoisotopic (exact) mass is 796 g/mol. The zero-order chi connectivity index (χ0) is 40.0. The highest BCUT2D eigenvalue weighted by atomic mass is 33.1. The van der Waals surface area contributed by atoms with Crippen molar-refractivity contribution < 1.29 is 38.1 Å². The third-order valence-corrected chi connectivity index (χ3v) is 11.6. The summed E-state index contributed by atoms with van der Waals surface area (Å²) >= 11 is 0. The molecule has 6 rings (SSSR count). The second-order valence-corrected chi connectivity index (χ2v) is 18.2. The molecule has 0 aromatic heterocycles. The average molecular weight is 797 g/mol. The van der Waals surface area contributed by atoms with E-state index in [4.69, 9.17) is 18.9 Å². The van der Waals surface area contributed by atoms with Gasteiger partial charge in [-0.1, -0.05) is 119 Å². The van der Waals surface area contributed by atoms with Crippen molar-refractivity contribution in [3.05, 3.63) is 119 Å². The lowest BCUT2D eigenvalue weighted by Crippen LogP contribution is -2.46. The number of nitrogens with one attached hydrogen (secondary N) is 2. The molecule has 0 bridgehead atoms. The first-order valence-corrected chi connectivity index (χ1v) is 21.1. The Hall–Kier alpha value is -4.94. The van der Waals surface area contributed by atoms with Crippen LogP contribution in [-0.4, -0.2) is 72.1 Å². The molecule has 0 fully saturated rings. The number of rotatable bonds is 13. The van der Waals surface area contributed by atoms with Crippen LogP contribution in [0.1, 0.15) is 75.6 Å². The quantitative estimate of drug-likeness (QED) is 0.0586. The van der Waals surface area contributed by atoms with Crippen molar-refractivity contribution in [1.82, 2.24) is 10.6 Å². The number of hydrogen-bond donors (Lipinski definition) is 2. The second kappa shape index (κ2) is 17.5. The summed E-state index contributed by atoms with van der Waals surface area (Å²) in [5.41, 5.74) is 7.11. The van der Waals surface area contributed by atoms with E-state index < -0.39 is 47.4 Å². The Balaban J connectivity index is 1.06. The number of esters is 2. The fourth-order valence-corrected chi connectivity index (χ4v) is 9.18. The Labute approximate surface area is 336 Å². The molecule has 0 heterocycles. The van der Waals surface area contributed by atoms with E-state index in [9.17, 15) is 19.2 Å². The van der Waals surface area contributed by atoms with Crippen LogP contribution in [0.5, 0.6) is 0 Å². The SMILES string of the molecule is CC(C)(C)OC(=O)C(CSSC[C@H](NC(=O)OCC1c2ccccc2-c2ccccc21)C(=O)OC(C)(C)C)NC(=O)OCC1c2ccccc2-c2ccccc21. The van der Waals surface area contributed by atoms with E-state index in [1.807, 2.05) is 72.8 Å². The maximum absolute atomic E-state index is 13.3. The van der Waals surface area contributed by atoms with Crippen molar-refractivity contribution in [1.29, 1.82) is 0 Å². The van der Waals surface area contributed by atoms with Crippen LogP contribution in [0, 0.1) is 0 Å². The topological polar surface area (TPSA) is 129 Å². The molecular formula is C44H48N2O8S2. The standard InChI is InChI=1S/C44H48N2O8S2/c1-43(2,3)53-39(47)37(45-41(49)51-23-35-31-19-11-7-15-27(31)28-16-8-12-20-32(28)35)25-55-56-26-38(40(48)54-44(4,5)6)46-42(50)52-24-36-33-21-13-9-17-29(33)30-18-10-14-22-34(30)36/h7-22,35-38H,23-26H2,1-6H3,(H,45,49)(H,46,50)/t37-,38?/m0/s1. The van der Waals surface area contributed by atoms with Crippen LogP contribution >= 0.6 is 21.6 Å². The highest BCUT2D eigenvalue weighted by Gasteiger charge is 2.33. The van der Waals surface area contributed by atoms with Gasteiger partial charge in [0.25, 0.3) is 0 Å². The maximum Gasteiger partial charge on any atom is 0.407 e. The minimum Gasteiger partial charge on any atom is -0.458 e. The van der Waals surface area contributed by atoms with Crippen molar-refractivity contribution in [3.8, 4) is 22.3 Å². The third-order valence-electron chi connectivity index (χ3n) is 9.21. The summed E-state index contributed by atoms with van der Waals surface area (Å²) < 4.78 is 22.7. The van der Waals surface area contributed by atoms with Gasteiger partial charge in [-0.05, 0) is 86.1 Å². The van der Waals surface area contributed by atoms with E-state index in [2.05, 4.69) is 34.9 Å². The van der Waals surface area contributed by atoms with Crippen LogP contribution in [-0.2, 0) is 28.5 Å². The second-order valence-electron chi connectivity index (χ2n) is 15.7. The molecule has 56 heavy (non-hydrogen) atoms. The Bertz CT molecular complexity index is 1840. The Morgan fingerprint density at radius 1 is 0.518 bits per heavy atom. The lowest BCUT2D eigenvalue weighted by Gasteiger charge is -2.25. The molecule has 0 saturated carbocycles. The number of carbonyl (C=O) groups excluding carboxylic acids is 4. The highest BCUT2D eigenvalue weighted by molar-refractivity contribution is 8.76. The van der Waals surface area contributed by atoms with E-state index in [-0.39, 0.29) is 36.6 Å². The fraction of sp³-hybridized carbons (Fsp3) is 0.364. The molecule has 2 amide bonds. The Morgan fingerprint density at radius 2 is 0.804 bits per heavy atom. The molecule has 0 spiro atoms. The third kappa shape index (κ3) is 10.1. The molecule has 1 unspecified atom stereocenters. The number of amides is 2. The summed E-state index contributed by atoms with van der Waals surface area (Å²) in [4.78, 5) is 53.0. The van der Waals surface area contributed by atoms with Gasteiger partial charge < -0.3 is 29.6 Å². The summed E-state index contributed by atoms with van der Waals surface area (Å²) in [6.45, 7) is 10.7. The van der Waals surface area contributed by atoms with Crippen molar-refractivity contribution in [3.63, 3.8) is 0 Å². The highest BCUT2D eigenvalue weighted by Crippen LogP contribution is 2.45. The molecule has 4 aromatic carbocycles. The molecule has 12 heteroatoms. The van der Waals surface area contributed by atoms with Crippen LogP contribution in [0.25, 0.3) is 22.3 Å². The normalized spacial score (nSPS) is 14.3. The van der Waals surface area contributed by atoms with Gasteiger partial charge in [0.1, 0.15) is 36.5 Å². The molecule has 4 aromatic rings. The van der Waals surface area contributed by atoms with Gasteiger partial charge in [-0.15, -0.1) is 0 Å². The molecular weight excluding hydrogens is 749 g/mol. The van der Waals surface area contributed by atoms with Gasteiger partial charge in [-0.2, -0.15) is 0 Å². The van der Waals surface area contributed by atoms with Crippen molar-refractivity contribution in [2.45, 2.75) is 76.7 Å². The first-order chi connectivity index (χ1) is 26.7. The largest absolute Gasteiger partial charge is 0.458 e. The summed E-state index contributed by atoms with van der Waals surface area (Å²) in [5.74, 6) is -1.36. The van der Waals surface area contributed by atoms with E-state index in [0.717, 1.165) is 44.5 Å². The Kier molecular flexibility index (Phi) is 12.7. The molecule has 294 valence electrons. The number of benzene rings is 4. The maximum atomic E-state index is 13.3. The number of alkyl carbamates (subject to hydrolysis) is 2. The number of ether oxygens (including phenoxy) is 4. The van der Waals surface area contributed by atoms with Gasteiger partial charge in [0.15, 0.2) is 0 Å². The van der Waals surface area contributed by atoms with Crippen LogP contribution in [0.4, 0.5) is 9.59 Å². The number of hydrogen-bond acceptors (Lipinski definition) is 10. The summed E-state index contributed by atoms with van der Waals surface area (Å²) in [6, 6.07) is 30.0. The van der Waals surface area contributed by atoms with E-state index in [1.165, 1.54) is 21.6 Å². The predicted octanol–water partition coefficient (Wildman–Crippen LogP) is 8.87. The average Bonchev–Trinajstić information content (AvgIpc) is 3.64. The van der Waals surface area contributed by atoms with Crippen molar-refractivity contribution in [2.75, 3.05) is 24.7 Å². The predicted molar refractivity (Wildman–Crippen MR) is 221 cm³/mol. The van der Waals surface area contributed by atoms with Gasteiger partial charge in [0.05, 0.1) is 0 Å². The van der Waals surface area contributed by atoms with Crippen molar-refractivity contribution in [2.24, 2.45) is 0 Å². The van der Waals surface area contributed by atoms with E-state index >= 15 is 0 Å². The first-order valence-electron chi connectivity index (χ1n) is 18.6. The van der Waals surface area contributed by atoms with Crippen molar-refractivity contribution >= 4 is 45.7 Å². The first kappa shape index (κ1) is 40.7. The fourth-order valence-electron chi connectivity index (χ4n) is 6.88. The van der Waals surface area contributed by atoms with Gasteiger partial charge in [0, 0.05) is 23.3 Å². The molecule has 2 atom stereocenters. The van der Waals surface area contributed by atoms with Gasteiger partial charge in [0.2, 0.25) is 0 Å². The molecule has 0 radical (unpaired) electrons. The number of carbonyl (C=O) groups is 4. The molecule has 2 aliphatic rings. The Morgan fingerprint density at radius 3 is 1.09 bits per heavy atom. The molecule has 2 aliphatic carbocycles. The lowest BCUT2D eigenvalue weighted by molar-refractivity contribution is -0.157. The molecule has 10 nitrogen and oxygen atoms in total. The number of fused-ring (bicyclic) bond motifs is 6. The summed E-state index contributed by atoms with van der Waals surface area (Å²) in [5, 5.41) is 5.38. The smallest absolute Gasteiger partial charge is 0.407 e. The molecule has 2 N–H and O–H groups in total. The van der Waals surface area contributed by atoms with Crippen LogP contribution in [0.2, 0.25) is 0 Å². The van der Waals surface area contributed by atoms with Crippen LogP contribution < -0.4 is 10.6 Å². The summed E-state index contributed by atoms with van der Waals surface area (Å²) in [7, 11) is 2.47. The zero-order valence-electron chi connectivity index (χ0n) is 32.5.